The molecule has 1 N–H and O–H groups in total. The molecule has 0 bridgehead atoms. The molecule has 3 rings (SSSR count). The highest BCUT2D eigenvalue weighted by atomic mass is 16.1. The summed E-state index contributed by atoms with van der Waals surface area (Å²) in [7, 11) is 3.66. The first kappa shape index (κ1) is 13.4. The Bertz CT molecular complexity index is 662. The highest BCUT2D eigenvalue weighted by Crippen LogP contribution is 2.18. The maximum Gasteiger partial charge on any atom is 0.328 e. The van der Waals surface area contributed by atoms with E-state index < -0.39 is 0 Å². The molecule has 0 unspecified atom stereocenters. The Morgan fingerprint density at radius 1 is 1.15 bits per heavy atom. The number of aromatic nitrogens is 2. The zero-order valence-corrected chi connectivity index (χ0v) is 12.4. The molecule has 1 saturated carbocycles. The summed E-state index contributed by atoms with van der Waals surface area (Å²) in [5.74, 6) is 0. The van der Waals surface area contributed by atoms with Crippen LogP contribution in [0, 0.1) is 0 Å². The van der Waals surface area contributed by atoms with Gasteiger partial charge in [-0.2, -0.15) is 0 Å². The smallest absolute Gasteiger partial charge is 0.314 e. The van der Waals surface area contributed by atoms with Crippen LogP contribution in [-0.2, 0) is 20.5 Å². The third-order valence-electron chi connectivity index (χ3n) is 4.54. The Labute approximate surface area is 119 Å². The minimum atomic E-state index is 0.0428. The second-order valence-electron chi connectivity index (χ2n) is 5.91. The Kier molecular flexibility index (Phi) is 3.66. The van der Waals surface area contributed by atoms with Crippen LogP contribution in [0.2, 0.25) is 0 Å². The van der Waals surface area contributed by atoms with Gasteiger partial charge in [0, 0.05) is 20.1 Å². The normalized spacial score (nSPS) is 16.3. The highest BCUT2D eigenvalue weighted by molar-refractivity contribution is 5.76. The summed E-state index contributed by atoms with van der Waals surface area (Å²) in [6.07, 6.45) is 6.42. The van der Waals surface area contributed by atoms with E-state index in [0.29, 0.717) is 0 Å². The summed E-state index contributed by atoms with van der Waals surface area (Å²) >= 11 is 0. The first-order valence-corrected chi connectivity index (χ1v) is 7.54. The van der Waals surface area contributed by atoms with Crippen molar-refractivity contribution in [1.29, 1.82) is 0 Å². The summed E-state index contributed by atoms with van der Waals surface area (Å²) in [6.45, 7) is 1.02. The van der Waals surface area contributed by atoms with Crippen molar-refractivity contribution < 1.29 is 0 Å². The molecule has 0 radical (unpaired) electrons. The van der Waals surface area contributed by atoms with Gasteiger partial charge in [0.25, 0.3) is 0 Å². The van der Waals surface area contributed by atoms with Gasteiger partial charge >= 0.3 is 5.69 Å². The van der Waals surface area contributed by atoms with Crippen molar-refractivity contribution in [3.63, 3.8) is 0 Å². The van der Waals surface area contributed by atoms with E-state index >= 15 is 0 Å². The maximum absolute atomic E-state index is 11.9. The van der Waals surface area contributed by atoms with Crippen LogP contribution in [0.25, 0.3) is 11.0 Å². The first-order valence-electron chi connectivity index (χ1n) is 7.54. The molecule has 0 saturated heterocycles. The fraction of sp³-hybridized carbons (Fsp3) is 0.562. The summed E-state index contributed by atoms with van der Waals surface area (Å²) in [4.78, 5) is 11.9. The van der Waals surface area contributed by atoms with E-state index in [9.17, 15) is 4.79 Å². The van der Waals surface area contributed by atoms with E-state index in [1.54, 1.807) is 9.13 Å². The minimum Gasteiger partial charge on any atom is -0.314 e. The molecule has 20 heavy (non-hydrogen) atoms. The second kappa shape index (κ2) is 5.44. The molecule has 4 heteroatoms. The zero-order chi connectivity index (χ0) is 14.1. The van der Waals surface area contributed by atoms with E-state index in [1.807, 2.05) is 14.1 Å². The molecule has 1 aromatic heterocycles. The van der Waals surface area contributed by atoms with Gasteiger partial charge in [-0.15, -0.1) is 0 Å². The average Bonchev–Trinajstić information content (AvgIpc) is 3.04. The molecule has 2 aromatic rings. The molecule has 0 aliphatic heterocycles. The van der Waals surface area contributed by atoms with E-state index in [0.717, 1.165) is 30.0 Å². The molecule has 4 nitrogen and oxygen atoms in total. The lowest BCUT2D eigenvalue weighted by Crippen LogP contribution is -2.27. The van der Waals surface area contributed by atoms with Gasteiger partial charge in [0.15, 0.2) is 0 Å². The van der Waals surface area contributed by atoms with E-state index in [-0.39, 0.29) is 5.69 Å². The number of fused-ring (bicyclic) bond motifs is 1. The van der Waals surface area contributed by atoms with Crippen molar-refractivity contribution in [3.05, 3.63) is 34.2 Å². The number of hydrogen-bond donors (Lipinski definition) is 1. The molecule has 1 heterocycles. The van der Waals surface area contributed by atoms with Gasteiger partial charge in [0.05, 0.1) is 11.0 Å². The summed E-state index contributed by atoms with van der Waals surface area (Å²) < 4.78 is 3.43. The molecular formula is C16H23N3O. The van der Waals surface area contributed by atoms with E-state index in [2.05, 4.69) is 23.5 Å². The Hall–Kier alpha value is -1.55. The molecule has 0 atom stereocenters. The van der Waals surface area contributed by atoms with Crippen LogP contribution in [0.1, 0.15) is 31.2 Å². The molecular weight excluding hydrogens is 250 g/mol. The lowest BCUT2D eigenvalue weighted by Gasteiger charge is -2.11. The Morgan fingerprint density at radius 2 is 1.85 bits per heavy atom. The lowest BCUT2D eigenvalue weighted by atomic mass is 10.1. The van der Waals surface area contributed by atoms with Crippen LogP contribution < -0.4 is 11.0 Å². The number of imidazole rings is 1. The van der Waals surface area contributed by atoms with E-state index in [4.69, 9.17) is 0 Å². The quantitative estimate of drug-likeness (QED) is 0.925. The third-order valence-corrected chi connectivity index (χ3v) is 4.54. The molecule has 1 aromatic carbocycles. The Balaban J connectivity index is 1.72. The molecule has 0 amide bonds. The number of nitrogens with zero attached hydrogens (tertiary/aromatic N) is 2. The van der Waals surface area contributed by atoms with Crippen molar-refractivity contribution in [3.8, 4) is 0 Å². The summed E-state index contributed by atoms with van der Waals surface area (Å²) in [5.41, 5.74) is 3.37. The van der Waals surface area contributed by atoms with Gasteiger partial charge in [-0.3, -0.25) is 9.13 Å². The lowest BCUT2D eigenvalue weighted by molar-refractivity contribution is 0.528. The minimum absolute atomic E-state index is 0.0428. The first-order chi connectivity index (χ1) is 9.66. The maximum atomic E-state index is 11.9. The van der Waals surface area contributed by atoms with Crippen molar-refractivity contribution in [2.75, 3.05) is 6.54 Å². The Morgan fingerprint density at radius 3 is 2.60 bits per heavy atom. The average molecular weight is 273 g/mol. The van der Waals surface area contributed by atoms with Crippen molar-refractivity contribution in [1.82, 2.24) is 14.5 Å². The third kappa shape index (κ3) is 2.40. The standard InChI is InChI=1S/C16H23N3O/c1-18-14-8-7-12(11-15(14)19(2)16(18)20)9-10-17-13-5-3-4-6-13/h7-8,11,13,17H,3-6,9-10H2,1-2H3. The van der Waals surface area contributed by atoms with Crippen LogP contribution in [-0.4, -0.2) is 21.7 Å². The van der Waals surface area contributed by atoms with Gasteiger partial charge in [0.2, 0.25) is 0 Å². The summed E-state index contributed by atoms with van der Waals surface area (Å²) in [5, 5.41) is 3.64. The SMILES string of the molecule is Cn1c(=O)n(C)c2cc(CCNC3CCCC3)ccc21. The van der Waals surface area contributed by atoms with E-state index in [1.165, 1.54) is 31.2 Å². The number of aryl methyl sites for hydroxylation is 2. The fourth-order valence-corrected chi connectivity index (χ4v) is 3.26. The number of benzene rings is 1. The van der Waals surface area contributed by atoms with Gasteiger partial charge in [-0.25, -0.2) is 4.79 Å². The molecule has 0 spiro atoms. The van der Waals surface area contributed by atoms with Crippen LogP contribution in [0.3, 0.4) is 0 Å². The zero-order valence-electron chi connectivity index (χ0n) is 12.4. The molecule has 1 aliphatic rings. The topological polar surface area (TPSA) is 39.0 Å². The van der Waals surface area contributed by atoms with Crippen molar-refractivity contribution in [2.24, 2.45) is 14.1 Å². The van der Waals surface area contributed by atoms with Crippen molar-refractivity contribution in [2.45, 2.75) is 38.1 Å². The van der Waals surface area contributed by atoms with Crippen LogP contribution in [0.15, 0.2) is 23.0 Å². The molecule has 1 fully saturated rings. The number of hydrogen-bond acceptors (Lipinski definition) is 2. The van der Waals surface area contributed by atoms with Crippen molar-refractivity contribution >= 4 is 11.0 Å². The monoisotopic (exact) mass is 273 g/mol. The van der Waals surface area contributed by atoms with Gasteiger partial charge < -0.3 is 5.32 Å². The molecule has 108 valence electrons. The van der Waals surface area contributed by atoms with Crippen LogP contribution >= 0.6 is 0 Å². The predicted molar refractivity (Wildman–Crippen MR) is 82.1 cm³/mol. The largest absolute Gasteiger partial charge is 0.328 e. The summed E-state index contributed by atoms with van der Waals surface area (Å²) in [6, 6.07) is 7.06. The predicted octanol–water partition coefficient (Wildman–Crippen LogP) is 1.95. The van der Waals surface area contributed by atoms with Crippen LogP contribution in [0.4, 0.5) is 0 Å². The fourth-order valence-electron chi connectivity index (χ4n) is 3.26. The van der Waals surface area contributed by atoms with Crippen LogP contribution in [0.5, 0.6) is 0 Å². The molecule has 1 aliphatic carbocycles. The van der Waals surface area contributed by atoms with Gasteiger partial charge in [0.1, 0.15) is 0 Å². The number of nitrogens with one attached hydrogen (secondary N) is 1. The van der Waals surface area contributed by atoms with Gasteiger partial charge in [-0.05, 0) is 43.5 Å². The second-order valence-corrected chi connectivity index (χ2v) is 5.91. The van der Waals surface area contributed by atoms with Gasteiger partial charge in [-0.1, -0.05) is 18.9 Å². The number of rotatable bonds is 4. The highest BCUT2D eigenvalue weighted by Gasteiger charge is 2.13.